The normalized spacial score (nSPS) is 49.2. The van der Waals surface area contributed by atoms with Crippen molar-refractivity contribution in [1.29, 1.82) is 0 Å². The molecule has 5 fully saturated rings. The van der Waals surface area contributed by atoms with Gasteiger partial charge in [0.05, 0.1) is 11.0 Å². The molecule has 5 rings (SSSR count). The van der Waals surface area contributed by atoms with E-state index in [1.807, 2.05) is 6.92 Å². The van der Waals surface area contributed by atoms with Crippen LogP contribution in [0, 0.1) is 23.2 Å². The molecule has 0 aromatic rings. The van der Waals surface area contributed by atoms with Gasteiger partial charge < -0.3 is 10.0 Å². The average molecular weight is 291 g/mol. The zero-order valence-electron chi connectivity index (χ0n) is 13.3. The van der Waals surface area contributed by atoms with Crippen molar-refractivity contribution in [3.05, 3.63) is 0 Å². The summed E-state index contributed by atoms with van der Waals surface area (Å²) in [6.07, 6.45) is 10.2. The standard InChI is InChI=1S/C18H29NO2/c1-17(21)3-2-5-19(6-4-17)16(20)18-10-13-7-14(11-18)9-15(8-13)12-18/h13-15,21H,2-12H2,1H3. The van der Waals surface area contributed by atoms with E-state index in [-0.39, 0.29) is 5.41 Å². The van der Waals surface area contributed by atoms with Gasteiger partial charge in [0.2, 0.25) is 5.91 Å². The summed E-state index contributed by atoms with van der Waals surface area (Å²) in [6.45, 7) is 3.54. The zero-order valence-corrected chi connectivity index (χ0v) is 13.3. The Labute approximate surface area is 128 Å². The summed E-state index contributed by atoms with van der Waals surface area (Å²) in [4.78, 5) is 15.4. The molecule has 0 aromatic carbocycles. The Morgan fingerprint density at radius 3 is 2.14 bits per heavy atom. The van der Waals surface area contributed by atoms with Crippen LogP contribution in [0.1, 0.15) is 64.7 Å². The largest absolute Gasteiger partial charge is 0.390 e. The summed E-state index contributed by atoms with van der Waals surface area (Å²) in [5.41, 5.74) is -0.582. The average Bonchev–Trinajstić information content (AvgIpc) is 2.57. The lowest BCUT2D eigenvalue weighted by Crippen LogP contribution is -2.54. The molecule has 1 saturated heterocycles. The van der Waals surface area contributed by atoms with Crippen molar-refractivity contribution in [2.24, 2.45) is 23.2 Å². The molecule has 5 aliphatic rings. The van der Waals surface area contributed by atoms with Crippen LogP contribution in [0.5, 0.6) is 0 Å². The third-order valence-electron chi connectivity index (χ3n) is 6.84. The molecule has 3 nitrogen and oxygen atoms in total. The number of hydrogen-bond donors (Lipinski definition) is 1. The highest BCUT2D eigenvalue weighted by molar-refractivity contribution is 5.83. The van der Waals surface area contributed by atoms with E-state index in [0.29, 0.717) is 5.91 Å². The maximum Gasteiger partial charge on any atom is 0.228 e. The molecule has 1 amide bonds. The van der Waals surface area contributed by atoms with Crippen LogP contribution in [0.2, 0.25) is 0 Å². The maximum absolute atomic E-state index is 13.3. The van der Waals surface area contributed by atoms with Gasteiger partial charge in [0.15, 0.2) is 0 Å². The Bertz CT molecular complexity index is 407. The Morgan fingerprint density at radius 2 is 1.57 bits per heavy atom. The lowest BCUT2D eigenvalue weighted by molar-refractivity contribution is -0.157. The number of likely N-dealkylation sites (tertiary alicyclic amines) is 1. The fourth-order valence-electron chi connectivity index (χ4n) is 6.17. The predicted molar refractivity (Wildman–Crippen MR) is 81.7 cm³/mol. The van der Waals surface area contributed by atoms with E-state index in [4.69, 9.17) is 0 Å². The van der Waals surface area contributed by atoms with Gasteiger partial charge in [0.25, 0.3) is 0 Å². The second-order valence-electron chi connectivity index (χ2n) is 8.84. The molecule has 1 atom stereocenters. The van der Waals surface area contributed by atoms with E-state index in [1.54, 1.807) is 0 Å². The summed E-state index contributed by atoms with van der Waals surface area (Å²) in [5, 5.41) is 10.3. The fourth-order valence-corrected chi connectivity index (χ4v) is 6.17. The monoisotopic (exact) mass is 291 g/mol. The highest BCUT2D eigenvalue weighted by Crippen LogP contribution is 2.60. The minimum Gasteiger partial charge on any atom is -0.390 e. The smallest absolute Gasteiger partial charge is 0.228 e. The van der Waals surface area contributed by atoms with Gasteiger partial charge in [-0.2, -0.15) is 0 Å². The molecule has 0 spiro atoms. The molecule has 4 aliphatic carbocycles. The summed E-state index contributed by atoms with van der Waals surface area (Å²) >= 11 is 0. The highest BCUT2D eigenvalue weighted by Gasteiger charge is 2.55. The van der Waals surface area contributed by atoms with Gasteiger partial charge in [0.1, 0.15) is 0 Å². The van der Waals surface area contributed by atoms with Crippen molar-refractivity contribution in [3.8, 4) is 0 Å². The highest BCUT2D eigenvalue weighted by atomic mass is 16.3. The molecule has 1 heterocycles. The van der Waals surface area contributed by atoms with Gasteiger partial charge in [-0.15, -0.1) is 0 Å². The van der Waals surface area contributed by atoms with Crippen molar-refractivity contribution in [1.82, 2.24) is 4.90 Å². The maximum atomic E-state index is 13.3. The van der Waals surface area contributed by atoms with Gasteiger partial charge in [0, 0.05) is 13.1 Å². The number of nitrogens with zero attached hydrogens (tertiary/aromatic N) is 1. The van der Waals surface area contributed by atoms with Crippen molar-refractivity contribution in [3.63, 3.8) is 0 Å². The predicted octanol–water partition coefficient (Wildman–Crippen LogP) is 2.97. The van der Waals surface area contributed by atoms with Crippen LogP contribution < -0.4 is 0 Å². The molecule has 4 saturated carbocycles. The van der Waals surface area contributed by atoms with Gasteiger partial charge in [-0.3, -0.25) is 4.79 Å². The number of aliphatic hydroxyl groups is 1. The number of hydrogen-bond acceptors (Lipinski definition) is 2. The molecule has 4 bridgehead atoms. The van der Waals surface area contributed by atoms with Crippen molar-refractivity contribution >= 4 is 5.91 Å². The van der Waals surface area contributed by atoms with Crippen LogP contribution in [0.4, 0.5) is 0 Å². The summed E-state index contributed by atoms with van der Waals surface area (Å²) < 4.78 is 0. The van der Waals surface area contributed by atoms with Crippen molar-refractivity contribution < 1.29 is 9.90 Å². The van der Waals surface area contributed by atoms with E-state index < -0.39 is 5.60 Å². The first-order valence-electron chi connectivity index (χ1n) is 8.98. The minimum atomic E-state index is -0.573. The second kappa shape index (κ2) is 4.71. The quantitative estimate of drug-likeness (QED) is 0.807. The molecule has 0 aromatic heterocycles. The van der Waals surface area contributed by atoms with Gasteiger partial charge in [-0.05, 0) is 82.5 Å². The van der Waals surface area contributed by atoms with E-state index in [1.165, 1.54) is 19.3 Å². The Hall–Kier alpha value is -0.570. The SMILES string of the molecule is CC1(O)CCCN(C(=O)C23CC4CC(CC(C4)C2)C3)CC1. The fraction of sp³-hybridized carbons (Fsp3) is 0.944. The molecule has 1 N–H and O–H groups in total. The molecule has 0 radical (unpaired) electrons. The summed E-state index contributed by atoms with van der Waals surface area (Å²) in [5.74, 6) is 2.93. The van der Waals surface area contributed by atoms with E-state index in [0.717, 1.165) is 69.4 Å². The lowest BCUT2D eigenvalue weighted by Gasteiger charge is -2.56. The van der Waals surface area contributed by atoms with Gasteiger partial charge >= 0.3 is 0 Å². The molecule has 1 unspecified atom stereocenters. The second-order valence-corrected chi connectivity index (χ2v) is 8.84. The summed E-state index contributed by atoms with van der Waals surface area (Å²) in [6, 6.07) is 0. The molecule has 21 heavy (non-hydrogen) atoms. The molecule has 1 aliphatic heterocycles. The third-order valence-corrected chi connectivity index (χ3v) is 6.84. The summed E-state index contributed by atoms with van der Waals surface area (Å²) in [7, 11) is 0. The Balaban J connectivity index is 1.52. The topological polar surface area (TPSA) is 40.5 Å². The third kappa shape index (κ3) is 2.42. The zero-order chi connectivity index (χ0) is 14.7. The van der Waals surface area contributed by atoms with E-state index >= 15 is 0 Å². The van der Waals surface area contributed by atoms with Crippen LogP contribution in [0.25, 0.3) is 0 Å². The van der Waals surface area contributed by atoms with Crippen LogP contribution in [-0.2, 0) is 4.79 Å². The van der Waals surface area contributed by atoms with Crippen molar-refractivity contribution in [2.75, 3.05) is 13.1 Å². The first-order valence-corrected chi connectivity index (χ1v) is 8.98. The first kappa shape index (κ1) is 14.0. The minimum absolute atomic E-state index is 0.00898. The molecule has 118 valence electrons. The molecular weight excluding hydrogens is 262 g/mol. The molecular formula is C18H29NO2. The van der Waals surface area contributed by atoms with Gasteiger partial charge in [-0.1, -0.05) is 0 Å². The van der Waals surface area contributed by atoms with Crippen LogP contribution >= 0.6 is 0 Å². The van der Waals surface area contributed by atoms with Crippen LogP contribution in [-0.4, -0.2) is 34.6 Å². The Morgan fingerprint density at radius 1 is 1.00 bits per heavy atom. The van der Waals surface area contributed by atoms with Crippen molar-refractivity contribution in [2.45, 2.75) is 70.3 Å². The van der Waals surface area contributed by atoms with E-state index in [9.17, 15) is 9.90 Å². The van der Waals surface area contributed by atoms with Crippen LogP contribution in [0.3, 0.4) is 0 Å². The van der Waals surface area contributed by atoms with Gasteiger partial charge in [-0.25, -0.2) is 0 Å². The molecule has 3 heteroatoms. The number of rotatable bonds is 1. The number of carbonyl (C=O) groups excluding carboxylic acids is 1. The van der Waals surface area contributed by atoms with Crippen LogP contribution in [0.15, 0.2) is 0 Å². The first-order chi connectivity index (χ1) is 9.96. The number of amides is 1. The Kier molecular flexibility index (Phi) is 3.15. The number of carbonyl (C=O) groups is 1. The van der Waals surface area contributed by atoms with E-state index in [2.05, 4.69) is 4.90 Å². The lowest BCUT2D eigenvalue weighted by atomic mass is 9.49.